The molecule has 1 aliphatic heterocycles. The van der Waals surface area contributed by atoms with Crippen LogP contribution in [0.3, 0.4) is 0 Å². The summed E-state index contributed by atoms with van der Waals surface area (Å²) in [6, 6.07) is 5.89. The van der Waals surface area contributed by atoms with Crippen LogP contribution >= 0.6 is 12.4 Å². The molecular formula is C14H19ClN4O2. The standard InChI is InChI=1S/C14H18N4O2.ClH/c1-15-10-4-6-18(7-5-10)14(19)12-9-11(16-17-12)13-3-2-8-20-13;/h2-3,8-10,15H,4-7H2,1H3,(H,16,17);1H. The number of furan rings is 1. The number of aromatic nitrogens is 2. The summed E-state index contributed by atoms with van der Waals surface area (Å²) < 4.78 is 5.28. The van der Waals surface area contributed by atoms with Crippen LogP contribution in [-0.2, 0) is 0 Å². The predicted octanol–water partition coefficient (Wildman–Crippen LogP) is 1.92. The normalized spacial score (nSPS) is 15.8. The highest BCUT2D eigenvalue weighted by Gasteiger charge is 2.24. The van der Waals surface area contributed by atoms with Gasteiger partial charge in [0.1, 0.15) is 5.69 Å². The third-order valence-electron chi connectivity index (χ3n) is 3.77. The lowest BCUT2D eigenvalue weighted by atomic mass is 10.1. The van der Waals surface area contributed by atoms with E-state index in [0.717, 1.165) is 31.6 Å². The first-order valence-corrected chi connectivity index (χ1v) is 6.84. The number of hydrogen-bond acceptors (Lipinski definition) is 4. The van der Waals surface area contributed by atoms with Gasteiger partial charge in [-0.25, -0.2) is 0 Å². The van der Waals surface area contributed by atoms with E-state index >= 15 is 0 Å². The van der Waals surface area contributed by atoms with E-state index in [1.807, 2.05) is 18.0 Å². The number of hydrogen-bond donors (Lipinski definition) is 2. The molecule has 0 atom stereocenters. The molecule has 0 bridgehead atoms. The number of H-pyrrole nitrogens is 1. The Bertz CT molecular complexity index is 574. The van der Waals surface area contributed by atoms with Gasteiger partial charge in [0.2, 0.25) is 0 Å². The number of nitrogens with one attached hydrogen (secondary N) is 2. The Morgan fingerprint density at radius 1 is 1.48 bits per heavy atom. The lowest BCUT2D eigenvalue weighted by molar-refractivity contribution is 0.0701. The molecule has 1 aliphatic rings. The Morgan fingerprint density at radius 2 is 2.24 bits per heavy atom. The molecule has 2 aromatic rings. The number of carbonyl (C=O) groups is 1. The van der Waals surface area contributed by atoms with Gasteiger partial charge < -0.3 is 14.6 Å². The summed E-state index contributed by atoms with van der Waals surface area (Å²) >= 11 is 0. The zero-order valence-electron chi connectivity index (χ0n) is 11.8. The van der Waals surface area contributed by atoms with E-state index in [4.69, 9.17) is 4.42 Å². The van der Waals surface area contributed by atoms with Gasteiger partial charge in [-0.3, -0.25) is 9.89 Å². The van der Waals surface area contributed by atoms with Crippen molar-refractivity contribution in [3.05, 3.63) is 30.2 Å². The van der Waals surface area contributed by atoms with Gasteiger partial charge in [0.15, 0.2) is 11.5 Å². The quantitative estimate of drug-likeness (QED) is 0.908. The van der Waals surface area contributed by atoms with E-state index in [9.17, 15) is 4.79 Å². The number of likely N-dealkylation sites (tertiary alicyclic amines) is 1. The van der Waals surface area contributed by atoms with Crippen molar-refractivity contribution in [3.8, 4) is 11.5 Å². The molecule has 3 heterocycles. The molecule has 3 rings (SSSR count). The number of nitrogens with zero attached hydrogens (tertiary/aromatic N) is 2. The van der Waals surface area contributed by atoms with E-state index in [-0.39, 0.29) is 18.3 Å². The third kappa shape index (κ3) is 3.28. The number of piperidine rings is 1. The molecule has 21 heavy (non-hydrogen) atoms. The Labute approximate surface area is 129 Å². The summed E-state index contributed by atoms with van der Waals surface area (Å²) in [5, 5.41) is 10.2. The molecule has 7 heteroatoms. The SMILES string of the molecule is CNC1CCN(C(=O)c2cc(-c3ccco3)[nH]n2)CC1.Cl. The van der Waals surface area contributed by atoms with Crippen LogP contribution in [0.5, 0.6) is 0 Å². The van der Waals surface area contributed by atoms with Crippen molar-refractivity contribution < 1.29 is 9.21 Å². The zero-order chi connectivity index (χ0) is 13.9. The minimum absolute atomic E-state index is 0. The Hall–Kier alpha value is -1.79. The second-order valence-electron chi connectivity index (χ2n) is 5.00. The summed E-state index contributed by atoms with van der Waals surface area (Å²) in [6.07, 6.45) is 3.57. The minimum Gasteiger partial charge on any atom is -0.463 e. The molecule has 0 radical (unpaired) electrons. The zero-order valence-corrected chi connectivity index (χ0v) is 12.7. The van der Waals surface area contributed by atoms with Crippen LogP contribution < -0.4 is 5.32 Å². The van der Waals surface area contributed by atoms with Crippen LogP contribution in [0.2, 0.25) is 0 Å². The topological polar surface area (TPSA) is 74.2 Å². The highest BCUT2D eigenvalue weighted by Crippen LogP contribution is 2.19. The number of carbonyl (C=O) groups excluding carboxylic acids is 1. The summed E-state index contributed by atoms with van der Waals surface area (Å²) in [7, 11) is 1.96. The monoisotopic (exact) mass is 310 g/mol. The van der Waals surface area contributed by atoms with E-state index in [2.05, 4.69) is 15.5 Å². The highest BCUT2D eigenvalue weighted by atomic mass is 35.5. The largest absolute Gasteiger partial charge is 0.463 e. The van der Waals surface area contributed by atoms with Gasteiger partial charge in [-0.15, -0.1) is 12.4 Å². The fourth-order valence-corrected chi connectivity index (χ4v) is 2.52. The van der Waals surface area contributed by atoms with Gasteiger partial charge >= 0.3 is 0 Å². The minimum atomic E-state index is -0.0198. The summed E-state index contributed by atoms with van der Waals surface area (Å²) in [4.78, 5) is 14.2. The van der Waals surface area contributed by atoms with Crippen molar-refractivity contribution in [1.29, 1.82) is 0 Å². The van der Waals surface area contributed by atoms with Gasteiger partial charge in [-0.1, -0.05) is 0 Å². The van der Waals surface area contributed by atoms with Crippen molar-refractivity contribution >= 4 is 18.3 Å². The maximum Gasteiger partial charge on any atom is 0.274 e. The third-order valence-corrected chi connectivity index (χ3v) is 3.77. The first kappa shape index (κ1) is 15.6. The summed E-state index contributed by atoms with van der Waals surface area (Å²) in [6.45, 7) is 1.54. The molecule has 114 valence electrons. The maximum atomic E-state index is 12.4. The van der Waals surface area contributed by atoms with Gasteiger partial charge in [-0.05, 0) is 32.0 Å². The van der Waals surface area contributed by atoms with Gasteiger partial charge in [-0.2, -0.15) is 5.10 Å². The number of amides is 1. The van der Waals surface area contributed by atoms with Crippen LogP contribution in [-0.4, -0.2) is 47.2 Å². The first-order chi connectivity index (χ1) is 9.78. The Balaban J connectivity index is 0.00000161. The molecule has 2 aromatic heterocycles. The summed E-state index contributed by atoms with van der Waals surface area (Å²) in [5.41, 5.74) is 1.17. The van der Waals surface area contributed by atoms with E-state index in [0.29, 0.717) is 17.5 Å². The summed E-state index contributed by atoms with van der Waals surface area (Å²) in [5.74, 6) is 0.666. The molecule has 1 fully saturated rings. The molecular weight excluding hydrogens is 292 g/mol. The fourth-order valence-electron chi connectivity index (χ4n) is 2.52. The first-order valence-electron chi connectivity index (χ1n) is 6.84. The van der Waals surface area contributed by atoms with E-state index < -0.39 is 0 Å². The highest BCUT2D eigenvalue weighted by molar-refractivity contribution is 5.93. The molecule has 1 saturated heterocycles. The van der Waals surface area contributed by atoms with E-state index in [1.54, 1.807) is 18.4 Å². The molecule has 0 unspecified atom stereocenters. The molecule has 0 spiro atoms. The predicted molar refractivity (Wildman–Crippen MR) is 81.5 cm³/mol. The van der Waals surface area contributed by atoms with Crippen LogP contribution in [0, 0.1) is 0 Å². The second-order valence-corrected chi connectivity index (χ2v) is 5.00. The Kier molecular flexibility index (Phi) is 5.03. The lowest BCUT2D eigenvalue weighted by Crippen LogP contribution is -2.44. The van der Waals surface area contributed by atoms with Gasteiger partial charge in [0.05, 0.1) is 6.26 Å². The van der Waals surface area contributed by atoms with Crippen LogP contribution in [0.25, 0.3) is 11.5 Å². The lowest BCUT2D eigenvalue weighted by Gasteiger charge is -2.31. The fraction of sp³-hybridized carbons (Fsp3) is 0.429. The maximum absolute atomic E-state index is 12.4. The number of aromatic amines is 1. The average Bonchev–Trinajstić information content (AvgIpc) is 3.17. The Morgan fingerprint density at radius 3 is 2.86 bits per heavy atom. The van der Waals surface area contributed by atoms with Crippen LogP contribution in [0.1, 0.15) is 23.3 Å². The second kappa shape index (κ2) is 6.78. The van der Waals surface area contributed by atoms with Crippen molar-refractivity contribution in [2.45, 2.75) is 18.9 Å². The van der Waals surface area contributed by atoms with Crippen molar-refractivity contribution in [2.75, 3.05) is 20.1 Å². The molecule has 2 N–H and O–H groups in total. The van der Waals surface area contributed by atoms with E-state index in [1.165, 1.54) is 0 Å². The van der Waals surface area contributed by atoms with Crippen molar-refractivity contribution in [3.63, 3.8) is 0 Å². The van der Waals surface area contributed by atoms with Gasteiger partial charge in [0, 0.05) is 25.2 Å². The number of halogens is 1. The van der Waals surface area contributed by atoms with Crippen molar-refractivity contribution in [2.24, 2.45) is 0 Å². The van der Waals surface area contributed by atoms with Crippen LogP contribution in [0.15, 0.2) is 28.9 Å². The van der Waals surface area contributed by atoms with Crippen molar-refractivity contribution in [1.82, 2.24) is 20.4 Å². The average molecular weight is 311 g/mol. The van der Waals surface area contributed by atoms with Gasteiger partial charge in [0.25, 0.3) is 5.91 Å². The molecule has 1 amide bonds. The molecule has 0 saturated carbocycles. The molecule has 6 nitrogen and oxygen atoms in total. The number of rotatable bonds is 3. The molecule has 0 aromatic carbocycles. The molecule has 0 aliphatic carbocycles. The smallest absolute Gasteiger partial charge is 0.274 e. The van der Waals surface area contributed by atoms with Crippen LogP contribution in [0.4, 0.5) is 0 Å².